The van der Waals surface area contributed by atoms with E-state index in [1.807, 2.05) is 80.6 Å². The molecular weight excluding hydrogens is 428 g/mol. The number of benzene rings is 3. The van der Waals surface area contributed by atoms with E-state index in [1.54, 1.807) is 11.0 Å². The van der Waals surface area contributed by atoms with Crippen LogP contribution in [0.1, 0.15) is 17.5 Å². The van der Waals surface area contributed by atoms with E-state index in [-0.39, 0.29) is 18.2 Å². The molecule has 1 aliphatic heterocycles. The normalized spacial score (nSPS) is 15.5. The van der Waals surface area contributed by atoms with Crippen LogP contribution >= 0.6 is 0 Å². The molecule has 7 heteroatoms. The molecule has 0 unspecified atom stereocenters. The van der Waals surface area contributed by atoms with E-state index in [9.17, 15) is 9.59 Å². The maximum Gasteiger partial charge on any atom is 0.260 e. The van der Waals surface area contributed by atoms with Crippen LogP contribution in [0.2, 0.25) is 0 Å². The minimum absolute atomic E-state index is 0.0534. The van der Waals surface area contributed by atoms with Gasteiger partial charge >= 0.3 is 0 Å². The van der Waals surface area contributed by atoms with Gasteiger partial charge in [0.25, 0.3) is 5.89 Å². The van der Waals surface area contributed by atoms with Gasteiger partial charge in [0.15, 0.2) is 0 Å². The van der Waals surface area contributed by atoms with Gasteiger partial charge in [-0.3, -0.25) is 9.59 Å². The van der Waals surface area contributed by atoms with Crippen LogP contribution in [0.25, 0.3) is 22.8 Å². The van der Waals surface area contributed by atoms with Gasteiger partial charge in [-0.05, 0) is 37.6 Å². The maximum absolute atomic E-state index is 13.1. The molecule has 1 N–H and O–H groups in total. The molecule has 170 valence electrons. The van der Waals surface area contributed by atoms with Crippen LogP contribution in [0.3, 0.4) is 0 Å². The molecular formula is C27H24N4O3. The predicted molar refractivity (Wildman–Crippen MR) is 130 cm³/mol. The van der Waals surface area contributed by atoms with Crippen LogP contribution in [-0.2, 0) is 9.59 Å². The average Bonchev–Trinajstić information content (AvgIpc) is 3.48. The molecule has 3 aromatic carbocycles. The zero-order valence-corrected chi connectivity index (χ0v) is 19.0. The molecule has 7 nitrogen and oxygen atoms in total. The van der Waals surface area contributed by atoms with Crippen LogP contribution < -0.4 is 10.2 Å². The van der Waals surface area contributed by atoms with Crippen LogP contribution in [0.15, 0.2) is 77.3 Å². The molecule has 1 fully saturated rings. The quantitative estimate of drug-likeness (QED) is 0.460. The van der Waals surface area contributed by atoms with Crippen LogP contribution in [0.4, 0.5) is 11.4 Å². The third-order valence-corrected chi connectivity index (χ3v) is 6.05. The molecule has 2 heterocycles. The molecule has 1 atom stereocenters. The number of aromatic nitrogens is 2. The number of nitrogens with zero attached hydrogens (tertiary/aromatic N) is 3. The van der Waals surface area contributed by atoms with Crippen molar-refractivity contribution in [3.8, 4) is 22.8 Å². The van der Waals surface area contributed by atoms with Crippen molar-refractivity contribution in [2.45, 2.75) is 20.3 Å². The summed E-state index contributed by atoms with van der Waals surface area (Å²) in [6, 6.07) is 22.8. The number of amides is 2. The van der Waals surface area contributed by atoms with E-state index in [2.05, 4.69) is 15.5 Å². The standard InChI is InChI=1S/C27H24N4O3/c1-17-11-13-19(14-12-17)25-29-27(34-30-25)21-8-4-5-9-22(21)28-26(33)20-15-24(32)31(16-20)23-10-6-3-7-18(23)2/h3-14,20H,15-16H2,1-2H3,(H,28,33)/t20-/m1/s1. The topological polar surface area (TPSA) is 88.3 Å². The fourth-order valence-electron chi connectivity index (χ4n) is 4.15. The number of carbonyl (C=O) groups is 2. The third-order valence-electron chi connectivity index (χ3n) is 6.05. The number of carbonyl (C=O) groups excluding carboxylic acids is 2. The first-order chi connectivity index (χ1) is 16.5. The van der Waals surface area contributed by atoms with Crippen LogP contribution in [0, 0.1) is 19.8 Å². The average molecular weight is 453 g/mol. The Balaban J connectivity index is 1.35. The van der Waals surface area contributed by atoms with E-state index >= 15 is 0 Å². The summed E-state index contributed by atoms with van der Waals surface area (Å²) < 4.78 is 5.51. The summed E-state index contributed by atoms with van der Waals surface area (Å²) in [7, 11) is 0. The summed E-state index contributed by atoms with van der Waals surface area (Å²) in [5.41, 5.74) is 5.03. The first-order valence-electron chi connectivity index (χ1n) is 11.2. The highest BCUT2D eigenvalue weighted by molar-refractivity contribution is 6.04. The first kappa shape index (κ1) is 21.6. The van der Waals surface area contributed by atoms with Crippen molar-refractivity contribution in [1.82, 2.24) is 10.1 Å². The van der Waals surface area contributed by atoms with Gasteiger partial charge < -0.3 is 14.7 Å². The summed E-state index contributed by atoms with van der Waals surface area (Å²) in [5.74, 6) is 0.0744. The number of para-hydroxylation sites is 2. The SMILES string of the molecule is Cc1ccc(-c2noc(-c3ccccc3NC(=O)[C@@H]3CC(=O)N(c4ccccc4C)C3)n2)cc1. The van der Waals surface area contributed by atoms with Crippen LogP contribution in [0.5, 0.6) is 0 Å². The van der Waals surface area contributed by atoms with E-state index in [0.29, 0.717) is 29.5 Å². The third kappa shape index (κ3) is 4.20. The molecule has 34 heavy (non-hydrogen) atoms. The zero-order chi connectivity index (χ0) is 23.7. The van der Waals surface area contributed by atoms with Gasteiger partial charge in [-0.2, -0.15) is 4.98 Å². The molecule has 5 rings (SSSR count). The van der Waals surface area contributed by atoms with Crippen molar-refractivity contribution in [3.63, 3.8) is 0 Å². The predicted octanol–water partition coefficient (Wildman–Crippen LogP) is 5.01. The second-order valence-electron chi connectivity index (χ2n) is 8.52. The second kappa shape index (κ2) is 8.94. The lowest BCUT2D eigenvalue weighted by atomic mass is 10.1. The van der Waals surface area contributed by atoms with E-state index in [0.717, 1.165) is 22.4 Å². The summed E-state index contributed by atoms with van der Waals surface area (Å²) in [6.07, 6.45) is 0.167. The van der Waals surface area contributed by atoms with Gasteiger partial charge in [-0.1, -0.05) is 65.3 Å². The van der Waals surface area contributed by atoms with Gasteiger partial charge in [0, 0.05) is 24.2 Å². The lowest BCUT2D eigenvalue weighted by molar-refractivity contribution is -0.122. The number of rotatable bonds is 5. The van der Waals surface area contributed by atoms with E-state index < -0.39 is 5.92 Å². The number of hydrogen-bond acceptors (Lipinski definition) is 5. The number of hydrogen-bond donors (Lipinski definition) is 1. The molecule has 1 aliphatic rings. The fraction of sp³-hybridized carbons (Fsp3) is 0.185. The van der Waals surface area contributed by atoms with Gasteiger partial charge in [0.05, 0.1) is 17.2 Å². The molecule has 1 aromatic heterocycles. The summed E-state index contributed by atoms with van der Waals surface area (Å²) in [4.78, 5) is 32.0. The second-order valence-corrected chi connectivity index (χ2v) is 8.52. The van der Waals surface area contributed by atoms with Crippen molar-refractivity contribution in [3.05, 3.63) is 83.9 Å². The minimum Gasteiger partial charge on any atom is -0.334 e. The lowest BCUT2D eigenvalue weighted by Gasteiger charge is -2.19. The van der Waals surface area contributed by atoms with Gasteiger partial charge in [0.1, 0.15) is 0 Å². The molecule has 0 saturated carbocycles. The van der Waals surface area contributed by atoms with E-state index in [4.69, 9.17) is 4.52 Å². The Hall–Kier alpha value is -4.26. The molecule has 0 radical (unpaired) electrons. The van der Waals surface area contributed by atoms with Crippen molar-refractivity contribution in [2.75, 3.05) is 16.8 Å². The Bertz CT molecular complexity index is 1360. The van der Waals surface area contributed by atoms with Crippen molar-refractivity contribution in [1.29, 1.82) is 0 Å². The molecule has 0 spiro atoms. The maximum atomic E-state index is 13.1. The van der Waals surface area contributed by atoms with Gasteiger partial charge in [-0.15, -0.1) is 0 Å². The Morgan fingerprint density at radius 1 is 1.00 bits per heavy atom. The van der Waals surface area contributed by atoms with Crippen molar-refractivity contribution in [2.24, 2.45) is 5.92 Å². The fourth-order valence-corrected chi connectivity index (χ4v) is 4.15. The number of nitrogens with one attached hydrogen (secondary N) is 1. The monoisotopic (exact) mass is 452 g/mol. The number of aryl methyl sites for hydroxylation is 2. The molecule has 0 bridgehead atoms. The Morgan fingerprint density at radius 2 is 1.74 bits per heavy atom. The molecule has 1 saturated heterocycles. The van der Waals surface area contributed by atoms with E-state index in [1.165, 1.54) is 0 Å². The largest absolute Gasteiger partial charge is 0.334 e. The highest BCUT2D eigenvalue weighted by Crippen LogP contribution is 2.31. The molecule has 4 aromatic rings. The smallest absolute Gasteiger partial charge is 0.260 e. The summed E-state index contributed by atoms with van der Waals surface area (Å²) in [5, 5.41) is 7.07. The van der Waals surface area contributed by atoms with Crippen molar-refractivity contribution < 1.29 is 14.1 Å². The Morgan fingerprint density at radius 3 is 2.53 bits per heavy atom. The lowest BCUT2D eigenvalue weighted by Crippen LogP contribution is -2.28. The molecule has 0 aliphatic carbocycles. The molecule has 2 amide bonds. The first-order valence-corrected chi connectivity index (χ1v) is 11.2. The number of anilines is 2. The summed E-state index contributed by atoms with van der Waals surface area (Å²) >= 11 is 0. The highest BCUT2D eigenvalue weighted by Gasteiger charge is 2.36. The minimum atomic E-state index is -0.453. The Labute approximate surface area is 197 Å². The summed E-state index contributed by atoms with van der Waals surface area (Å²) in [6.45, 7) is 4.32. The zero-order valence-electron chi connectivity index (χ0n) is 19.0. The van der Waals surface area contributed by atoms with Crippen molar-refractivity contribution >= 4 is 23.2 Å². The Kier molecular flexibility index (Phi) is 5.67. The van der Waals surface area contributed by atoms with Gasteiger partial charge in [0.2, 0.25) is 17.6 Å². The van der Waals surface area contributed by atoms with Crippen LogP contribution in [-0.4, -0.2) is 28.5 Å². The highest BCUT2D eigenvalue weighted by atomic mass is 16.5. The van der Waals surface area contributed by atoms with Gasteiger partial charge in [-0.25, -0.2) is 0 Å².